The predicted octanol–water partition coefficient (Wildman–Crippen LogP) is 1.55. The van der Waals surface area contributed by atoms with Gasteiger partial charge in [0.2, 0.25) is 0 Å². The Kier molecular flexibility index (Phi) is 4.81. The van der Waals surface area contributed by atoms with Crippen molar-refractivity contribution >= 4 is 5.91 Å². The lowest BCUT2D eigenvalue weighted by atomic mass is 10.0. The number of rotatable bonds is 6. The number of hydrogen-bond donors (Lipinski definition) is 2. The molecule has 2 rings (SSSR count). The molecule has 114 valence electrons. The molecule has 0 fully saturated rings. The van der Waals surface area contributed by atoms with Crippen LogP contribution < -0.4 is 10.1 Å². The zero-order valence-corrected chi connectivity index (χ0v) is 12.1. The lowest BCUT2D eigenvalue weighted by molar-refractivity contribution is -0.124. The number of carbonyl (C=O) groups excluding carboxylic acids is 1. The Morgan fingerprint density at radius 2 is 2.18 bits per heavy atom. The topological polar surface area (TPSA) is 95.5 Å². The zero-order valence-electron chi connectivity index (χ0n) is 12.1. The van der Waals surface area contributed by atoms with E-state index in [9.17, 15) is 9.90 Å². The number of amides is 1. The number of benzene rings is 1. The lowest BCUT2D eigenvalue weighted by Crippen LogP contribution is -2.40. The van der Waals surface area contributed by atoms with Crippen molar-refractivity contribution in [1.29, 1.82) is 5.26 Å². The maximum absolute atomic E-state index is 11.8. The van der Waals surface area contributed by atoms with E-state index in [1.54, 1.807) is 36.4 Å². The van der Waals surface area contributed by atoms with Crippen LogP contribution in [0.25, 0.3) is 0 Å². The highest BCUT2D eigenvalue weighted by Gasteiger charge is 2.26. The number of para-hydroxylation sites is 1. The maximum Gasteiger partial charge on any atom is 0.258 e. The van der Waals surface area contributed by atoms with Gasteiger partial charge in [0.05, 0.1) is 18.4 Å². The Bertz CT molecular complexity index is 672. The third-order valence-corrected chi connectivity index (χ3v) is 3.05. The maximum atomic E-state index is 11.8. The van der Waals surface area contributed by atoms with Crippen LogP contribution in [0, 0.1) is 11.3 Å². The number of furan rings is 1. The van der Waals surface area contributed by atoms with Crippen LogP contribution in [-0.4, -0.2) is 24.2 Å². The number of carbonyl (C=O) groups is 1. The van der Waals surface area contributed by atoms with Crippen LogP contribution >= 0.6 is 0 Å². The normalized spacial score (nSPS) is 13.0. The molecule has 1 atom stereocenters. The molecule has 1 unspecified atom stereocenters. The van der Waals surface area contributed by atoms with Crippen molar-refractivity contribution in [2.24, 2.45) is 0 Å². The molecule has 6 heteroatoms. The Balaban J connectivity index is 1.85. The molecule has 0 saturated carbocycles. The van der Waals surface area contributed by atoms with Crippen molar-refractivity contribution in [1.82, 2.24) is 5.32 Å². The van der Waals surface area contributed by atoms with Gasteiger partial charge in [-0.25, -0.2) is 0 Å². The molecule has 0 spiro atoms. The first kappa shape index (κ1) is 15.6. The Morgan fingerprint density at radius 3 is 2.86 bits per heavy atom. The smallest absolute Gasteiger partial charge is 0.258 e. The standard InChI is InChI=1S/C16H16N2O4/c1-16(20,14-7-4-8-21-14)11-18-15(19)10-22-13-6-3-2-5-12(13)9-17/h2-8,20H,10-11H2,1H3,(H,18,19). The molecule has 1 aromatic heterocycles. The fourth-order valence-electron chi connectivity index (χ4n) is 1.82. The van der Waals surface area contributed by atoms with E-state index in [1.807, 2.05) is 6.07 Å². The third-order valence-electron chi connectivity index (χ3n) is 3.05. The zero-order chi connectivity index (χ0) is 16.0. The van der Waals surface area contributed by atoms with Crippen molar-refractivity contribution in [2.45, 2.75) is 12.5 Å². The Hall–Kier alpha value is -2.78. The molecule has 0 aliphatic heterocycles. The van der Waals surface area contributed by atoms with E-state index in [4.69, 9.17) is 14.4 Å². The first-order valence-electron chi connectivity index (χ1n) is 6.68. The van der Waals surface area contributed by atoms with Crippen LogP contribution in [0.4, 0.5) is 0 Å². The molecule has 1 aromatic carbocycles. The quantitative estimate of drug-likeness (QED) is 0.844. The summed E-state index contributed by atoms with van der Waals surface area (Å²) in [5.74, 6) is 0.307. The molecule has 0 bridgehead atoms. The minimum absolute atomic E-state index is 0.0113. The number of hydrogen-bond acceptors (Lipinski definition) is 5. The average molecular weight is 300 g/mol. The summed E-state index contributed by atoms with van der Waals surface area (Å²) in [6.07, 6.45) is 1.45. The van der Waals surface area contributed by atoms with Gasteiger partial charge in [-0.2, -0.15) is 5.26 Å². The van der Waals surface area contributed by atoms with E-state index < -0.39 is 11.5 Å². The van der Waals surface area contributed by atoms with Gasteiger partial charge >= 0.3 is 0 Å². The second-order valence-electron chi connectivity index (χ2n) is 4.92. The molecule has 1 heterocycles. The number of aliphatic hydroxyl groups is 1. The molecule has 0 aliphatic carbocycles. The molecular formula is C16H16N2O4. The summed E-state index contributed by atoms with van der Waals surface area (Å²) >= 11 is 0. The van der Waals surface area contributed by atoms with Crippen LogP contribution in [0.1, 0.15) is 18.2 Å². The van der Waals surface area contributed by atoms with Gasteiger partial charge in [-0.15, -0.1) is 0 Å². The summed E-state index contributed by atoms with van der Waals surface area (Å²) in [7, 11) is 0. The second kappa shape index (κ2) is 6.78. The summed E-state index contributed by atoms with van der Waals surface area (Å²) in [4.78, 5) is 11.8. The van der Waals surface area contributed by atoms with E-state index in [2.05, 4.69) is 5.32 Å². The van der Waals surface area contributed by atoms with Crippen molar-refractivity contribution in [3.8, 4) is 11.8 Å². The van der Waals surface area contributed by atoms with Crippen LogP contribution in [-0.2, 0) is 10.4 Å². The minimum atomic E-state index is -1.30. The molecule has 0 saturated heterocycles. The van der Waals surface area contributed by atoms with Crippen LogP contribution in [0.2, 0.25) is 0 Å². The number of nitrogens with zero attached hydrogens (tertiary/aromatic N) is 1. The van der Waals surface area contributed by atoms with Gasteiger partial charge in [-0.1, -0.05) is 12.1 Å². The van der Waals surface area contributed by atoms with Crippen molar-refractivity contribution in [3.05, 3.63) is 54.0 Å². The van der Waals surface area contributed by atoms with Gasteiger partial charge in [0.25, 0.3) is 5.91 Å². The molecule has 0 aliphatic rings. The third kappa shape index (κ3) is 3.87. The number of nitriles is 1. The fraction of sp³-hybridized carbons (Fsp3) is 0.250. The molecule has 6 nitrogen and oxygen atoms in total. The molecule has 2 aromatic rings. The molecule has 2 N–H and O–H groups in total. The number of ether oxygens (including phenoxy) is 1. The van der Waals surface area contributed by atoms with Gasteiger partial charge < -0.3 is 19.6 Å². The lowest BCUT2D eigenvalue weighted by Gasteiger charge is -2.21. The summed E-state index contributed by atoms with van der Waals surface area (Å²) in [6.45, 7) is 1.29. The predicted molar refractivity (Wildman–Crippen MR) is 77.9 cm³/mol. The van der Waals surface area contributed by atoms with E-state index in [1.165, 1.54) is 13.2 Å². The summed E-state index contributed by atoms with van der Waals surface area (Å²) in [6, 6.07) is 11.9. The van der Waals surface area contributed by atoms with E-state index in [0.717, 1.165) is 0 Å². The summed E-state index contributed by atoms with van der Waals surface area (Å²) < 4.78 is 10.4. The highest BCUT2D eigenvalue weighted by atomic mass is 16.5. The van der Waals surface area contributed by atoms with E-state index in [-0.39, 0.29) is 13.2 Å². The largest absolute Gasteiger partial charge is 0.482 e. The monoisotopic (exact) mass is 300 g/mol. The Labute approximate surface area is 127 Å². The van der Waals surface area contributed by atoms with Gasteiger partial charge in [0.15, 0.2) is 6.61 Å². The SMILES string of the molecule is CC(O)(CNC(=O)COc1ccccc1C#N)c1ccco1. The van der Waals surface area contributed by atoms with Crippen LogP contribution in [0.15, 0.2) is 47.1 Å². The fourth-order valence-corrected chi connectivity index (χ4v) is 1.82. The van der Waals surface area contributed by atoms with Gasteiger partial charge in [0.1, 0.15) is 23.2 Å². The number of nitrogens with one attached hydrogen (secondary N) is 1. The molecule has 0 radical (unpaired) electrons. The molecule has 1 amide bonds. The first-order valence-corrected chi connectivity index (χ1v) is 6.68. The minimum Gasteiger partial charge on any atom is -0.482 e. The van der Waals surface area contributed by atoms with Crippen LogP contribution in [0.3, 0.4) is 0 Å². The molecule has 22 heavy (non-hydrogen) atoms. The van der Waals surface area contributed by atoms with Gasteiger partial charge in [0, 0.05) is 0 Å². The highest BCUT2D eigenvalue weighted by molar-refractivity contribution is 5.77. The summed E-state index contributed by atoms with van der Waals surface area (Å²) in [5, 5.41) is 21.7. The average Bonchev–Trinajstić information content (AvgIpc) is 3.06. The van der Waals surface area contributed by atoms with Crippen molar-refractivity contribution in [2.75, 3.05) is 13.2 Å². The van der Waals surface area contributed by atoms with Crippen LogP contribution in [0.5, 0.6) is 5.75 Å². The van der Waals surface area contributed by atoms with Crippen molar-refractivity contribution < 1.29 is 19.1 Å². The van der Waals surface area contributed by atoms with E-state index in [0.29, 0.717) is 17.1 Å². The Morgan fingerprint density at radius 1 is 1.41 bits per heavy atom. The highest BCUT2D eigenvalue weighted by Crippen LogP contribution is 2.20. The van der Waals surface area contributed by atoms with Gasteiger partial charge in [-0.3, -0.25) is 4.79 Å². The summed E-state index contributed by atoms with van der Waals surface area (Å²) in [5.41, 5.74) is -0.943. The molecular weight excluding hydrogens is 284 g/mol. The van der Waals surface area contributed by atoms with Gasteiger partial charge in [-0.05, 0) is 31.2 Å². The van der Waals surface area contributed by atoms with Crippen molar-refractivity contribution in [3.63, 3.8) is 0 Å². The van der Waals surface area contributed by atoms with E-state index >= 15 is 0 Å². The second-order valence-corrected chi connectivity index (χ2v) is 4.92. The first-order chi connectivity index (χ1) is 10.5.